The minimum atomic E-state index is -1.40. The van der Waals surface area contributed by atoms with Gasteiger partial charge in [-0.3, -0.25) is 14.9 Å². The first-order chi connectivity index (χ1) is 19.1. The second kappa shape index (κ2) is 11.8. The maximum Gasteiger partial charge on any atom is 0.412 e. The van der Waals surface area contributed by atoms with Crippen LogP contribution in [0, 0.1) is 18.7 Å². The number of aryl methyl sites for hydroxylation is 1. The largest absolute Gasteiger partial charge is 0.444 e. The van der Waals surface area contributed by atoms with Gasteiger partial charge in [0.15, 0.2) is 5.78 Å². The average Bonchev–Trinajstić information content (AvgIpc) is 3.44. The van der Waals surface area contributed by atoms with Crippen molar-refractivity contribution in [2.75, 3.05) is 10.6 Å². The van der Waals surface area contributed by atoms with Gasteiger partial charge in [-0.15, -0.1) is 23.2 Å². The highest BCUT2D eigenvalue weighted by molar-refractivity contribution is 6.53. The number of Topliss-reactive ketones (excluding diaryl/α,β-unsaturated/α-hetero) is 1. The number of rotatable bonds is 7. The maximum atomic E-state index is 13.6. The van der Waals surface area contributed by atoms with Crippen LogP contribution in [-0.4, -0.2) is 27.7 Å². The molecule has 216 valence electrons. The smallest absolute Gasteiger partial charge is 0.412 e. The number of anilines is 2. The molecule has 0 aliphatic heterocycles. The van der Waals surface area contributed by atoms with E-state index < -0.39 is 39.6 Å². The van der Waals surface area contributed by atoms with E-state index in [1.807, 2.05) is 6.92 Å². The van der Waals surface area contributed by atoms with Crippen molar-refractivity contribution in [2.45, 2.75) is 50.0 Å². The van der Waals surface area contributed by atoms with E-state index in [9.17, 15) is 18.8 Å². The van der Waals surface area contributed by atoms with Crippen LogP contribution in [0.5, 0.6) is 0 Å². The zero-order valence-electron chi connectivity index (χ0n) is 22.6. The second-order valence-electron chi connectivity index (χ2n) is 10.9. The van der Waals surface area contributed by atoms with Crippen LogP contribution in [0.4, 0.5) is 20.6 Å². The number of ketones is 1. The Morgan fingerprint density at radius 1 is 0.927 bits per heavy atom. The number of hydrogen-bond donors (Lipinski definition) is 2. The van der Waals surface area contributed by atoms with E-state index in [1.165, 1.54) is 30.3 Å². The Morgan fingerprint density at radius 2 is 1.59 bits per heavy atom. The first-order valence-corrected chi connectivity index (χ1v) is 14.1. The lowest BCUT2D eigenvalue weighted by molar-refractivity contribution is -0.117. The Bertz CT molecular complexity index is 1540. The summed E-state index contributed by atoms with van der Waals surface area (Å²) in [7, 11) is 0. The van der Waals surface area contributed by atoms with Crippen molar-refractivity contribution < 1.29 is 23.5 Å². The minimum absolute atomic E-state index is 0.0398. The lowest BCUT2D eigenvalue weighted by Crippen LogP contribution is -2.27. The zero-order chi connectivity index (χ0) is 30.3. The summed E-state index contributed by atoms with van der Waals surface area (Å²) in [4.78, 5) is 38.4. The maximum absolute atomic E-state index is 13.6. The highest BCUT2D eigenvalue weighted by Gasteiger charge is 2.67. The molecule has 2 N–H and O–H groups in total. The Morgan fingerprint density at radius 3 is 2.22 bits per heavy atom. The first-order valence-electron chi connectivity index (χ1n) is 12.6. The van der Waals surface area contributed by atoms with Gasteiger partial charge in [0, 0.05) is 29.3 Å². The third-order valence-electron chi connectivity index (χ3n) is 6.51. The molecule has 41 heavy (non-hydrogen) atoms. The Labute approximate surface area is 257 Å². The summed E-state index contributed by atoms with van der Waals surface area (Å²) in [6, 6.07) is 13.8. The number of amides is 2. The van der Waals surface area contributed by atoms with Crippen LogP contribution in [0.2, 0.25) is 10.0 Å². The molecule has 0 unspecified atom stereocenters. The number of carbonyl (C=O) groups is 3. The molecule has 0 heterocycles. The SMILES string of the molecule is Cc1cc(NC(=O)OC(C)(C)C)ccc1CC(=O)c1cc(NC(=O)[C@H]2[C@H](c3ccc(F)c(Cl)c3)C2(Cl)Cl)ccc1Cl. The third-order valence-corrected chi connectivity index (χ3v) is 8.07. The Hall–Kier alpha value is -2.84. The molecule has 3 aromatic rings. The molecule has 2 atom stereocenters. The zero-order valence-corrected chi connectivity index (χ0v) is 25.6. The van der Waals surface area contributed by atoms with Crippen molar-refractivity contribution in [1.82, 2.24) is 0 Å². The number of nitrogens with one attached hydrogen (secondary N) is 2. The van der Waals surface area contributed by atoms with Crippen LogP contribution < -0.4 is 10.6 Å². The molecule has 3 aromatic carbocycles. The predicted octanol–water partition coefficient (Wildman–Crippen LogP) is 8.74. The molecule has 1 aliphatic carbocycles. The summed E-state index contributed by atoms with van der Waals surface area (Å²) in [6.45, 7) is 7.14. The van der Waals surface area contributed by atoms with E-state index >= 15 is 0 Å². The Balaban J connectivity index is 1.44. The van der Waals surface area contributed by atoms with Gasteiger partial charge < -0.3 is 10.1 Å². The minimum Gasteiger partial charge on any atom is -0.444 e. The number of benzene rings is 3. The van der Waals surface area contributed by atoms with Crippen molar-refractivity contribution in [3.8, 4) is 0 Å². The molecule has 0 radical (unpaired) electrons. The standard InChI is InChI=1S/C30H27Cl4FN2O4/c1-15-11-18(37-28(40)41-29(2,3)4)7-5-16(15)13-24(38)20-14-19(8-9-21(20)31)36-27(39)26-25(30(26,33)34)17-6-10-23(35)22(32)12-17/h5-12,14,25-26H,13H2,1-4H3,(H,36,39)(H,37,40)/t25-,26+/m0/s1. The van der Waals surface area contributed by atoms with Gasteiger partial charge in [-0.25, -0.2) is 9.18 Å². The van der Waals surface area contributed by atoms with Crippen molar-refractivity contribution in [2.24, 2.45) is 5.92 Å². The molecule has 11 heteroatoms. The van der Waals surface area contributed by atoms with Gasteiger partial charge in [-0.05, 0) is 86.8 Å². The van der Waals surface area contributed by atoms with Gasteiger partial charge in [0.1, 0.15) is 15.8 Å². The van der Waals surface area contributed by atoms with Gasteiger partial charge >= 0.3 is 6.09 Å². The molecule has 4 rings (SSSR count). The number of carbonyl (C=O) groups excluding carboxylic acids is 3. The fourth-order valence-electron chi connectivity index (χ4n) is 4.47. The Kier molecular flexibility index (Phi) is 8.95. The van der Waals surface area contributed by atoms with Crippen LogP contribution >= 0.6 is 46.4 Å². The van der Waals surface area contributed by atoms with Gasteiger partial charge in [0.25, 0.3) is 0 Å². The molecule has 6 nitrogen and oxygen atoms in total. The number of ether oxygens (including phenoxy) is 1. The molecule has 1 fully saturated rings. The average molecular weight is 640 g/mol. The normalized spacial score (nSPS) is 17.5. The molecular formula is C30H27Cl4FN2O4. The predicted molar refractivity (Wildman–Crippen MR) is 161 cm³/mol. The number of alkyl halides is 2. The van der Waals surface area contributed by atoms with Crippen LogP contribution in [0.15, 0.2) is 54.6 Å². The fraction of sp³-hybridized carbons (Fsp3) is 0.300. The molecule has 0 spiro atoms. The van der Waals surface area contributed by atoms with E-state index in [1.54, 1.807) is 45.0 Å². The number of halogens is 5. The molecule has 0 bridgehead atoms. The third kappa shape index (κ3) is 7.33. The monoisotopic (exact) mass is 638 g/mol. The molecule has 1 saturated carbocycles. The molecule has 1 aliphatic rings. The quantitative estimate of drug-likeness (QED) is 0.200. The van der Waals surface area contributed by atoms with E-state index in [0.29, 0.717) is 16.9 Å². The highest BCUT2D eigenvalue weighted by atomic mass is 35.5. The van der Waals surface area contributed by atoms with Crippen LogP contribution in [0.1, 0.15) is 53.7 Å². The van der Waals surface area contributed by atoms with Crippen LogP contribution in [0.3, 0.4) is 0 Å². The summed E-state index contributed by atoms with van der Waals surface area (Å²) in [6.07, 6.45) is -0.538. The van der Waals surface area contributed by atoms with Crippen LogP contribution in [-0.2, 0) is 16.0 Å². The summed E-state index contributed by atoms with van der Waals surface area (Å²) in [5.74, 6) is -2.74. The second-order valence-corrected chi connectivity index (χ2v) is 13.1. The van der Waals surface area contributed by atoms with E-state index in [2.05, 4.69) is 10.6 Å². The molecule has 2 amide bonds. The molecule has 0 saturated heterocycles. The van der Waals surface area contributed by atoms with Crippen molar-refractivity contribution >= 4 is 75.6 Å². The number of hydrogen-bond acceptors (Lipinski definition) is 4. The van der Waals surface area contributed by atoms with Gasteiger partial charge in [-0.2, -0.15) is 0 Å². The van der Waals surface area contributed by atoms with Crippen LogP contribution in [0.25, 0.3) is 0 Å². The molecular weight excluding hydrogens is 613 g/mol. The van der Waals surface area contributed by atoms with Gasteiger partial charge in [0.2, 0.25) is 5.91 Å². The molecule has 0 aromatic heterocycles. The van der Waals surface area contributed by atoms with Gasteiger partial charge in [-0.1, -0.05) is 35.3 Å². The summed E-state index contributed by atoms with van der Waals surface area (Å²) in [5.41, 5.74) is 2.52. The summed E-state index contributed by atoms with van der Waals surface area (Å²) < 4.78 is 17.5. The van der Waals surface area contributed by atoms with E-state index in [0.717, 1.165) is 11.1 Å². The van der Waals surface area contributed by atoms with Crippen molar-refractivity contribution in [1.29, 1.82) is 0 Å². The van der Waals surface area contributed by atoms with E-state index in [-0.39, 0.29) is 27.8 Å². The summed E-state index contributed by atoms with van der Waals surface area (Å²) in [5, 5.41) is 5.55. The lowest BCUT2D eigenvalue weighted by atomic mass is 9.98. The van der Waals surface area contributed by atoms with E-state index in [4.69, 9.17) is 51.1 Å². The van der Waals surface area contributed by atoms with Crippen molar-refractivity contribution in [3.05, 3.63) is 92.7 Å². The first kappa shape index (κ1) is 31.1. The highest BCUT2D eigenvalue weighted by Crippen LogP contribution is 2.65. The van der Waals surface area contributed by atoms with Crippen molar-refractivity contribution in [3.63, 3.8) is 0 Å². The topological polar surface area (TPSA) is 84.5 Å². The lowest BCUT2D eigenvalue weighted by Gasteiger charge is -2.20. The fourth-order valence-corrected chi connectivity index (χ4v) is 5.71. The van der Waals surface area contributed by atoms with Gasteiger partial charge in [0.05, 0.1) is 16.0 Å². The summed E-state index contributed by atoms with van der Waals surface area (Å²) >= 11 is 25.0.